The highest BCUT2D eigenvalue weighted by atomic mass is 16.3. The van der Waals surface area contributed by atoms with Gasteiger partial charge in [0.25, 0.3) is 5.91 Å². The molecule has 0 N–H and O–H groups in total. The molecular formula is C27H23NO3. The number of hydrogen-bond donors (Lipinski definition) is 0. The zero-order valence-electron chi connectivity index (χ0n) is 17.8. The largest absolute Gasteiger partial charge is 0.450 e. The van der Waals surface area contributed by atoms with Crippen LogP contribution in [0.25, 0.3) is 11.0 Å². The maximum Gasteiger partial charge on any atom is 0.295 e. The fraction of sp³-hybridized carbons (Fsp3) is 0.185. The first-order valence-corrected chi connectivity index (χ1v) is 10.5. The molecule has 3 aromatic carbocycles. The first kappa shape index (κ1) is 19.3. The molecule has 0 aliphatic carbocycles. The molecule has 0 saturated heterocycles. The van der Waals surface area contributed by atoms with E-state index in [1.54, 1.807) is 11.0 Å². The molecule has 5 rings (SSSR count). The van der Waals surface area contributed by atoms with Crippen LogP contribution in [0.5, 0.6) is 0 Å². The highest BCUT2D eigenvalue weighted by Gasteiger charge is 2.43. The number of fused-ring (bicyclic) bond motifs is 2. The molecule has 2 heterocycles. The van der Waals surface area contributed by atoms with E-state index in [0.717, 1.165) is 16.8 Å². The fourth-order valence-corrected chi connectivity index (χ4v) is 4.32. The molecule has 1 atom stereocenters. The van der Waals surface area contributed by atoms with Crippen LogP contribution < -0.4 is 10.3 Å². The van der Waals surface area contributed by atoms with E-state index < -0.39 is 6.04 Å². The Morgan fingerprint density at radius 2 is 1.61 bits per heavy atom. The average molecular weight is 409 g/mol. The Kier molecular flexibility index (Phi) is 4.51. The molecule has 1 aliphatic heterocycles. The van der Waals surface area contributed by atoms with E-state index >= 15 is 0 Å². The summed E-state index contributed by atoms with van der Waals surface area (Å²) < 4.78 is 6.03. The number of benzene rings is 3. The van der Waals surface area contributed by atoms with Crippen molar-refractivity contribution in [3.63, 3.8) is 0 Å². The van der Waals surface area contributed by atoms with Gasteiger partial charge in [0.15, 0.2) is 5.43 Å². The first-order chi connectivity index (χ1) is 15.0. The van der Waals surface area contributed by atoms with Gasteiger partial charge in [0.05, 0.1) is 17.0 Å². The van der Waals surface area contributed by atoms with Crippen molar-refractivity contribution in [3.05, 3.63) is 111 Å². The van der Waals surface area contributed by atoms with Gasteiger partial charge in [0.1, 0.15) is 5.58 Å². The van der Waals surface area contributed by atoms with Crippen molar-refractivity contribution < 1.29 is 9.21 Å². The molecule has 0 radical (unpaired) electrons. The normalized spacial score (nSPS) is 15.7. The Morgan fingerprint density at radius 3 is 2.29 bits per heavy atom. The van der Waals surface area contributed by atoms with Crippen LogP contribution in [0.3, 0.4) is 0 Å². The van der Waals surface area contributed by atoms with E-state index in [9.17, 15) is 9.59 Å². The van der Waals surface area contributed by atoms with E-state index in [2.05, 4.69) is 26.0 Å². The van der Waals surface area contributed by atoms with Crippen molar-refractivity contribution in [3.8, 4) is 0 Å². The van der Waals surface area contributed by atoms with Crippen LogP contribution in [0.2, 0.25) is 0 Å². The van der Waals surface area contributed by atoms with E-state index in [1.807, 2.05) is 61.5 Å². The van der Waals surface area contributed by atoms with Gasteiger partial charge < -0.3 is 4.42 Å². The maximum atomic E-state index is 13.6. The summed E-state index contributed by atoms with van der Waals surface area (Å²) in [6, 6.07) is 22.5. The van der Waals surface area contributed by atoms with Crippen LogP contribution >= 0.6 is 0 Å². The number of rotatable bonds is 3. The second-order valence-electron chi connectivity index (χ2n) is 8.41. The number of amides is 1. The van der Waals surface area contributed by atoms with Gasteiger partial charge in [-0.2, -0.15) is 0 Å². The number of aryl methyl sites for hydroxylation is 1. The summed E-state index contributed by atoms with van der Waals surface area (Å²) in [5.74, 6) is 0.232. The van der Waals surface area contributed by atoms with Crippen LogP contribution in [0.4, 0.5) is 5.69 Å². The highest BCUT2D eigenvalue weighted by molar-refractivity contribution is 6.10. The van der Waals surface area contributed by atoms with Gasteiger partial charge in [-0.15, -0.1) is 0 Å². The minimum atomic E-state index is -0.535. The Hall–Kier alpha value is -3.66. The molecule has 4 nitrogen and oxygen atoms in total. The van der Waals surface area contributed by atoms with Crippen molar-refractivity contribution >= 4 is 22.6 Å². The molecule has 31 heavy (non-hydrogen) atoms. The van der Waals surface area contributed by atoms with Crippen LogP contribution in [0.15, 0.2) is 82.0 Å². The molecule has 0 spiro atoms. The standard InChI is InChI=1S/C27H23NO3/c1-16(2)18-10-12-19(13-11-18)24-23-25(29)21-15-17(3)9-14-22(21)31-26(23)27(30)28(24)20-7-5-4-6-8-20/h4-16,24H,1-3H3. The van der Waals surface area contributed by atoms with Crippen molar-refractivity contribution in [2.45, 2.75) is 32.7 Å². The molecule has 1 unspecified atom stereocenters. The van der Waals surface area contributed by atoms with E-state index in [-0.39, 0.29) is 17.1 Å². The van der Waals surface area contributed by atoms with Crippen molar-refractivity contribution in [2.24, 2.45) is 0 Å². The molecule has 1 amide bonds. The van der Waals surface area contributed by atoms with Crippen LogP contribution in [0, 0.1) is 6.92 Å². The number of carbonyl (C=O) groups is 1. The van der Waals surface area contributed by atoms with E-state index in [1.165, 1.54) is 5.56 Å². The zero-order chi connectivity index (χ0) is 21.7. The summed E-state index contributed by atoms with van der Waals surface area (Å²) in [5, 5.41) is 0.505. The van der Waals surface area contributed by atoms with Crippen LogP contribution in [-0.4, -0.2) is 5.91 Å². The lowest BCUT2D eigenvalue weighted by atomic mass is 9.95. The quantitative estimate of drug-likeness (QED) is 0.419. The van der Waals surface area contributed by atoms with Gasteiger partial charge in [0.2, 0.25) is 5.76 Å². The SMILES string of the molecule is Cc1ccc2oc3c(c(=O)c2c1)C(c1ccc(C(C)C)cc1)N(c1ccccc1)C3=O. The minimum Gasteiger partial charge on any atom is -0.450 e. The predicted octanol–water partition coefficient (Wildman–Crippen LogP) is 5.97. The van der Waals surface area contributed by atoms with Crippen molar-refractivity contribution in [2.75, 3.05) is 4.90 Å². The molecule has 0 fully saturated rings. The van der Waals surface area contributed by atoms with Crippen LogP contribution in [-0.2, 0) is 0 Å². The van der Waals surface area contributed by atoms with Crippen molar-refractivity contribution in [1.82, 2.24) is 0 Å². The Balaban J connectivity index is 1.78. The van der Waals surface area contributed by atoms with Gasteiger partial charge in [-0.3, -0.25) is 14.5 Å². The van der Waals surface area contributed by atoms with Gasteiger partial charge in [-0.1, -0.05) is 67.9 Å². The number of hydrogen-bond acceptors (Lipinski definition) is 3. The number of anilines is 1. The lowest BCUT2D eigenvalue weighted by Crippen LogP contribution is -2.29. The Morgan fingerprint density at radius 1 is 0.903 bits per heavy atom. The smallest absolute Gasteiger partial charge is 0.295 e. The van der Waals surface area contributed by atoms with E-state index in [4.69, 9.17) is 4.42 Å². The third kappa shape index (κ3) is 3.07. The second-order valence-corrected chi connectivity index (χ2v) is 8.41. The molecule has 1 aliphatic rings. The maximum absolute atomic E-state index is 13.6. The average Bonchev–Trinajstić information content (AvgIpc) is 3.07. The third-order valence-corrected chi connectivity index (χ3v) is 5.98. The number of para-hydroxylation sites is 1. The summed E-state index contributed by atoms with van der Waals surface area (Å²) >= 11 is 0. The van der Waals surface area contributed by atoms with E-state index in [0.29, 0.717) is 22.5 Å². The Labute approximate surface area is 180 Å². The zero-order valence-corrected chi connectivity index (χ0v) is 17.8. The molecule has 154 valence electrons. The molecule has 1 aromatic heterocycles. The summed E-state index contributed by atoms with van der Waals surface area (Å²) in [6.07, 6.45) is 0. The van der Waals surface area contributed by atoms with Gasteiger partial charge in [0, 0.05) is 5.69 Å². The highest BCUT2D eigenvalue weighted by Crippen LogP contribution is 2.41. The lowest BCUT2D eigenvalue weighted by molar-refractivity contribution is 0.0971. The summed E-state index contributed by atoms with van der Waals surface area (Å²) in [4.78, 5) is 28.8. The minimum absolute atomic E-state index is 0.128. The fourth-order valence-electron chi connectivity index (χ4n) is 4.32. The monoisotopic (exact) mass is 409 g/mol. The summed E-state index contributed by atoms with van der Waals surface area (Å²) in [5.41, 5.74) is 4.50. The summed E-state index contributed by atoms with van der Waals surface area (Å²) in [7, 11) is 0. The van der Waals surface area contributed by atoms with Crippen molar-refractivity contribution in [1.29, 1.82) is 0 Å². The van der Waals surface area contributed by atoms with Crippen LogP contribution in [0.1, 0.15) is 58.6 Å². The molecular weight excluding hydrogens is 386 g/mol. The van der Waals surface area contributed by atoms with Gasteiger partial charge >= 0.3 is 0 Å². The molecule has 0 saturated carbocycles. The lowest BCUT2D eigenvalue weighted by Gasteiger charge is -2.25. The Bertz CT molecular complexity index is 1350. The molecule has 4 aromatic rings. The molecule has 0 bridgehead atoms. The van der Waals surface area contributed by atoms with Gasteiger partial charge in [-0.25, -0.2) is 0 Å². The molecule has 4 heteroatoms. The first-order valence-electron chi connectivity index (χ1n) is 10.5. The third-order valence-electron chi connectivity index (χ3n) is 5.98. The number of nitrogens with zero attached hydrogens (tertiary/aromatic N) is 1. The van der Waals surface area contributed by atoms with Gasteiger partial charge in [-0.05, 0) is 48.2 Å². The predicted molar refractivity (Wildman–Crippen MR) is 123 cm³/mol. The topological polar surface area (TPSA) is 50.5 Å². The second kappa shape index (κ2) is 7.24. The summed E-state index contributed by atoms with van der Waals surface area (Å²) in [6.45, 7) is 6.22. The number of carbonyl (C=O) groups excluding carboxylic acids is 1.